The van der Waals surface area contributed by atoms with Gasteiger partial charge in [0.2, 0.25) is 0 Å². The highest BCUT2D eigenvalue weighted by Gasteiger charge is 2.27. The molecule has 1 amide bonds. The number of anilines is 1. The molecule has 2 aliphatic rings. The van der Waals surface area contributed by atoms with Gasteiger partial charge < -0.3 is 19.3 Å². The van der Waals surface area contributed by atoms with Crippen molar-refractivity contribution in [3.8, 4) is 5.75 Å². The van der Waals surface area contributed by atoms with E-state index in [1.54, 1.807) is 7.11 Å². The number of amides is 1. The van der Waals surface area contributed by atoms with Gasteiger partial charge in [-0.05, 0) is 60.9 Å². The van der Waals surface area contributed by atoms with E-state index >= 15 is 0 Å². The topological polar surface area (TPSA) is 54.9 Å². The molecule has 3 aromatic rings. The molecule has 178 valence electrons. The van der Waals surface area contributed by atoms with Gasteiger partial charge in [-0.15, -0.1) is 0 Å². The second-order valence-electron chi connectivity index (χ2n) is 9.34. The lowest BCUT2D eigenvalue weighted by atomic mass is 9.95. The number of hydrogen-bond donors (Lipinski definition) is 0. The lowest BCUT2D eigenvalue weighted by molar-refractivity contribution is 0.0734. The molecule has 34 heavy (non-hydrogen) atoms. The van der Waals surface area contributed by atoms with Crippen molar-refractivity contribution >= 4 is 22.4 Å². The van der Waals surface area contributed by atoms with E-state index in [4.69, 9.17) is 9.47 Å². The summed E-state index contributed by atoms with van der Waals surface area (Å²) < 4.78 is 11.5. The molecule has 6 heteroatoms. The van der Waals surface area contributed by atoms with Gasteiger partial charge in [0.05, 0.1) is 25.9 Å². The number of hydrogen-bond acceptors (Lipinski definition) is 5. The van der Waals surface area contributed by atoms with Gasteiger partial charge >= 0.3 is 0 Å². The van der Waals surface area contributed by atoms with Gasteiger partial charge in [0.25, 0.3) is 5.91 Å². The Kier molecular flexibility index (Phi) is 6.95. The summed E-state index contributed by atoms with van der Waals surface area (Å²) in [6.07, 6.45) is 8.28. The molecule has 0 unspecified atom stereocenters. The molecule has 2 aromatic carbocycles. The number of nitrogens with zero attached hydrogens (tertiary/aromatic N) is 3. The molecule has 2 saturated heterocycles. The molecule has 0 radical (unpaired) electrons. The Morgan fingerprint density at radius 1 is 1.12 bits per heavy atom. The summed E-state index contributed by atoms with van der Waals surface area (Å²) in [5, 5.41) is 2.36. The fraction of sp³-hybridized carbons (Fsp3) is 0.429. The summed E-state index contributed by atoms with van der Waals surface area (Å²) in [7, 11) is 1.64. The van der Waals surface area contributed by atoms with Gasteiger partial charge in [0.15, 0.2) is 0 Å². The molecule has 6 nitrogen and oxygen atoms in total. The normalized spacial score (nSPS) is 19.1. The highest BCUT2D eigenvalue weighted by atomic mass is 16.5. The molecule has 2 aliphatic heterocycles. The van der Waals surface area contributed by atoms with E-state index < -0.39 is 0 Å². The molecular formula is C28H33N3O3. The number of benzene rings is 2. The van der Waals surface area contributed by atoms with E-state index in [9.17, 15) is 4.79 Å². The van der Waals surface area contributed by atoms with Gasteiger partial charge in [0.1, 0.15) is 5.75 Å². The van der Waals surface area contributed by atoms with Crippen LogP contribution in [0.15, 0.2) is 54.9 Å². The highest BCUT2D eigenvalue weighted by molar-refractivity contribution is 5.98. The average Bonchev–Trinajstić information content (AvgIpc) is 3.14. The number of aromatic nitrogens is 1. The van der Waals surface area contributed by atoms with Crippen molar-refractivity contribution in [2.24, 2.45) is 5.92 Å². The summed E-state index contributed by atoms with van der Waals surface area (Å²) in [6.45, 7) is 4.54. The molecule has 0 saturated carbocycles. The molecule has 2 fully saturated rings. The molecule has 0 spiro atoms. The zero-order valence-corrected chi connectivity index (χ0v) is 19.9. The Labute approximate surface area is 201 Å². The van der Waals surface area contributed by atoms with E-state index in [2.05, 4.69) is 40.2 Å². The highest BCUT2D eigenvalue weighted by Crippen LogP contribution is 2.29. The predicted octanol–water partition coefficient (Wildman–Crippen LogP) is 4.57. The lowest BCUT2D eigenvalue weighted by Crippen LogP contribution is -2.37. The summed E-state index contributed by atoms with van der Waals surface area (Å²) >= 11 is 0. The van der Waals surface area contributed by atoms with Crippen LogP contribution < -0.4 is 9.64 Å². The maximum Gasteiger partial charge on any atom is 0.257 e. The van der Waals surface area contributed by atoms with Crippen molar-refractivity contribution in [1.29, 1.82) is 0 Å². The van der Waals surface area contributed by atoms with Gasteiger partial charge in [-0.3, -0.25) is 9.78 Å². The molecule has 0 aliphatic carbocycles. The van der Waals surface area contributed by atoms with Crippen molar-refractivity contribution in [3.05, 3.63) is 66.0 Å². The zero-order chi connectivity index (χ0) is 23.3. The lowest BCUT2D eigenvalue weighted by Gasteiger charge is -2.30. The van der Waals surface area contributed by atoms with Gasteiger partial charge in [0, 0.05) is 55.6 Å². The Morgan fingerprint density at radius 2 is 2.00 bits per heavy atom. The minimum absolute atomic E-state index is 0.0216. The van der Waals surface area contributed by atoms with Crippen LogP contribution in [0, 0.1) is 5.92 Å². The standard InChI is InChI=1S/C28H33N3O3/c1-33-27-9-8-24(30-12-3-2-4-13-30)17-26(27)28(32)31-14-15-34-20-21(19-31)16-22-6-5-7-23-18-29-11-10-25(22)23/h5-11,17-18,21H,2-4,12-16,19-20H2,1H3/t21-/m0/s1. The molecule has 3 heterocycles. The van der Waals surface area contributed by atoms with Crippen LogP contribution in [-0.4, -0.2) is 62.3 Å². The number of piperidine rings is 1. The van der Waals surface area contributed by atoms with Crippen molar-refractivity contribution in [3.63, 3.8) is 0 Å². The number of carbonyl (C=O) groups is 1. The van der Waals surface area contributed by atoms with Crippen molar-refractivity contribution in [1.82, 2.24) is 9.88 Å². The summed E-state index contributed by atoms with van der Waals surface area (Å²) in [5.74, 6) is 0.879. The van der Waals surface area contributed by atoms with Gasteiger partial charge in [-0.2, -0.15) is 0 Å². The first-order valence-electron chi connectivity index (χ1n) is 12.3. The van der Waals surface area contributed by atoms with Crippen LogP contribution in [0.1, 0.15) is 35.2 Å². The smallest absolute Gasteiger partial charge is 0.257 e. The van der Waals surface area contributed by atoms with Crippen LogP contribution in [0.2, 0.25) is 0 Å². The average molecular weight is 460 g/mol. The van der Waals surface area contributed by atoms with E-state index in [1.807, 2.05) is 29.4 Å². The second kappa shape index (κ2) is 10.4. The van der Waals surface area contributed by atoms with Crippen LogP contribution in [0.25, 0.3) is 10.8 Å². The minimum atomic E-state index is 0.0216. The van der Waals surface area contributed by atoms with E-state index in [0.717, 1.165) is 30.6 Å². The number of pyridine rings is 1. The summed E-state index contributed by atoms with van der Waals surface area (Å²) in [6, 6.07) is 14.4. The third-order valence-corrected chi connectivity index (χ3v) is 7.04. The van der Waals surface area contributed by atoms with Crippen LogP contribution in [0.3, 0.4) is 0 Å². The van der Waals surface area contributed by atoms with Crippen LogP contribution in [0.4, 0.5) is 5.69 Å². The third kappa shape index (κ3) is 4.87. The first-order valence-corrected chi connectivity index (χ1v) is 12.3. The Morgan fingerprint density at radius 3 is 2.85 bits per heavy atom. The molecule has 0 N–H and O–H groups in total. The minimum Gasteiger partial charge on any atom is -0.496 e. The van der Waals surface area contributed by atoms with Crippen LogP contribution >= 0.6 is 0 Å². The second-order valence-corrected chi connectivity index (χ2v) is 9.34. The Balaban J connectivity index is 1.37. The van der Waals surface area contributed by atoms with E-state index in [1.165, 1.54) is 30.2 Å². The van der Waals surface area contributed by atoms with Crippen molar-refractivity contribution in [2.75, 3.05) is 51.4 Å². The van der Waals surface area contributed by atoms with E-state index in [0.29, 0.717) is 37.6 Å². The predicted molar refractivity (Wildman–Crippen MR) is 135 cm³/mol. The fourth-order valence-corrected chi connectivity index (χ4v) is 5.25. The number of rotatable bonds is 5. The Hall–Kier alpha value is -3.12. The molecular weight excluding hydrogens is 426 g/mol. The fourth-order valence-electron chi connectivity index (χ4n) is 5.25. The Bertz CT molecular complexity index is 1140. The molecule has 1 aromatic heterocycles. The number of carbonyl (C=O) groups excluding carboxylic acids is 1. The summed E-state index contributed by atoms with van der Waals surface area (Å²) in [5.41, 5.74) is 3.02. The first kappa shape index (κ1) is 22.7. The number of fused-ring (bicyclic) bond motifs is 1. The summed E-state index contributed by atoms with van der Waals surface area (Å²) in [4.78, 5) is 22.3. The molecule has 0 bridgehead atoms. The monoisotopic (exact) mass is 459 g/mol. The van der Waals surface area contributed by atoms with Gasteiger partial charge in [-0.1, -0.05) is 18.2 Å². The van der Waals surface area contributed by atoms with Crippen molar-refractivity contribution < 1.29 is 14.3 Å². The largest absolute Gasteiger partial charge is 0.496 e. The first-order chi connectivity index (χ1) is 16.7. The molecule has 5 rings (SSSR count). The van der Waals surface area contributed by atoms with Crippen molar-refractivity contribution in [2.45, 2.75) is 25.7 Å². The maximum atomic E-state index is 13.7. The third-order valence-electron chi connectivity index (χ3n) is 7.04. The SMILES string of the molecule is COc1ccc(N2CCCCC2)cc1C(=O)N1CCOC[C@@H](Cc2cccc3cnccc23)C1. The number of ether oxygens (including phenoxy) is 2. The zero-order valence-electron chi connectivity index (χ0n) is 19.9. The maximum absolute atomic E-state index is 13.7. The number of methoxy groups -OCH3 is 1. The van der Waals surface area contributed by atoms with Crippen LogP contribution in [-0.2, 0) is 11.2 Å². The molecule has 1 atom stereocenters. The quantitative estimate of drug-likeness (QED) is 0.560. The van der Waals surface area contributed by atoms with Crippen LogP contribution in [0.5, 0.6) is 5.75 Å². The van der Waals surface area contributed by atoms with Gasteiger partial charge in [-0.25, -0.2) is 0 Å². The van der Waals surface area contributed by atoms with E-state index in [-0.39, 0.29) is 11.8 Å².